The van der Waals surface area contributed by atoms with Gasteiger partial charge >= 0.3 is 12.0 Å². The molecule has 3 amide bonds. The Morgan fingerprint density at radius 3 is 2.31 bits per heavy atom. The first kappa shape index (κ1) is 23.0. The lowest BCUT2D eigenvalue weighted by molar-refractivity contribution is -0.141. The molecule has 32 heavy (non-hydrogen) atoms. The van der Waals surface area contributed by atoms with Gasteiger partial charge in [-0.2, -0.15) is 0 Å². The van der Waals surface area contributed by atoms with Crippen LogP contribution < -0.4 is 5.32 Å². The zero-order valence-electron chi connectivity index (χ0n) is 17.9. The topological polar surface area (TPSA) is 107 Å². The molecule has 0 aromatic heterocycles. The maximum absolute atomic E-state index is 13.1. The van der Waals surface area contributed by atoms with Gasteiger partial charge in [0.05, 0.1) is 12.6 Å². The van der Waals surface area contributed by atoms with Gasteiger partial charge in [-0.15, -0.1) is 0 Å². The molecule has 1 aliphatic rings. The quantitative estimate of drug-likeness (QED) is 0.658. The number of hydrogen-bond acceptors (Lipinski definition) is 4. The van der Waals surface area contributed by atoms with E-state index in [-0.39, 0.29) is 24.7 Å². The molecule has 8 nitrogen and oxygen atoms in total. The molecule has 1 fully saturated rings. The minimum atomic E-state index is -1.05. The second-order valence-corrected chi connectivity index (χ2v) is 7.88. The summed E-state index contributed by atoms with van der Waals surface area (Å²) in [5.41, 5.74) is 1.31. The van der Waals surface area contributed by atoms with E-state index in [0.717, 1.165) is 5.56 Å². The van der Waals surface area contributed by atoms with Gasteiger partial charge < -0.3 is 20.2 Å². The lowest BCUT2D eigenvalue weighted by Gasteiger charge is -2.28. The van der Waals surface area contributed by atoms with E-state index in [1.54, 1.807) is 30.3 Å². The van der Waals surface area contributed by atoms with Crippen molar-refractivity contribution in [1.29, 1.82) is 0 Å². The highest BCUT2D eigenvalue weighted by atomic mass is 16.4. The number of amides is 3. The van der Waals surface area contributed by atoms with Gasteiger partial charge in [-0.05, 0) is 37.0 Å². The minimum Gasteiger partial charge on any atom is -0.480 e. The van der Waals surface area contributed by atoms with Crippen LogP contribution in [0.1, 0.15) is 28.8 Å². The van der Waals surface area contributed by atoms with Crippen molar-refractivity contribution in [2.45, 2.75) is 31.3 Å². The van der Waals surface area contributed by atoms with Crippen molar-refractivity contribution in [3.63, 3.8) is 0 Å². The van der Waals surface area contributed by atoms with E-state index in [0.29, 0.717) is 24.9 Å². The van der Waals surface area contributed by atoms with Gasteiger partial charge in [-0.1, -0.05) is 48.5 Å². The Morgan fingerprint density at radius 2 is 1.69 bits per heavy atom. The molecular weight excluding hydrogens is 410 g/mol. The van der Waals surface area contributed by atoms with Crippen LogP contribution in [0.25, 0.3) is 0 Å². The standard InChI is InChI=1S/C24H27N3O5/c1-26(24(32)27-14-8-13-20(27)23(30)31)16-21(28)19(15-17-9-4-2-5-10-17)25-22(29)18-11-6-3-7-12-18/h2-7,9-12,19-20H,8,13-16H2,1H3,(H,25,29)(H,30,31)/t19?,20-/m0/s1. The van der Waals surface area contributed by atoms with Gasteiger partial charge in [0.15, 0.2) is 5.78 Å². The Bertz CT molecular complexity index is 964. The number of nitrogens with zero attached hydrogens (tertiary/aromatic N) is 2. The van der Waals surface area contributed by atoms with E-state index in [4.69, 9.17) is 0 Å². The van der Waals surface area contributed by atoms with E-state index >= 15 is 0 Å². The van der Waals surface area contributed by atoms with Crippen molar-refractivity contribution in [3.8, 4) is 0 Å². The monoisotopic (exact) mass is 437 g/mol. The Kier molecular flexibility index (Phi) is 7.59. The van der Waals surface area contributed by atoms with Crippen molar-refractivity contribution < 1.29 is 24.3 Å². The number of carboxylic acids is 1. The zero-order chi connectivity index (χ0) is 23.1. The third-order valence-corrected chi connectivity index (χ3v) is 5.52. The molecule has 0 aliphatic carbocycles. The summed E-state index contributed by atoms with van der Waals surface area (Å²) in [4.78, 5) is 52.5. The number of urea groups is 1. The molecule has 0 bridgehead atoms. The molecule has 1 aliphatic heterocycles. The number of carbonyl (C=O) groups is 4. The lowest BCUT2D eigenvalue weighted by Crippen LogP contribution is -2.51. The van der Waals surface area contributed by atoms with Gasteiger partial charge in [0.1, 0.15) is 6.04 Å². The lowest BCUT2D eigenvalue weighted by atomic mass is 10.0. The first-order valence-corrected chi connectivity index (χ1v) is 10.5. The molecular formula is C24H27N3O5. The molecule has 8 heteroatoms. The summed E-state index contributed by atoms with van der Waals surface area (Å²) in [7, 11) is 1.47. The highest BCUT2D eigenvalue weighted by molar-refractivity contribution is 5.99. The highest BCUT2D eigenvalue weighted by Crippen LogP contribution is 2.19. The first-order chi connectivity index (χ1) is 15.4. The fourth-order valence-electron chi connectivity index (χ4n) is 3.81. The van der Waals surface area contributed by atoms with Crippen LogP contribution in [0.5, 0.6) is 0 Å². The van der Waals surface area contributed by atoms with Gasteiger partial charge in [0.2, 0.25) is 0 Å². The average Bonchev–Trinajstić information content (AvgIpc) is 3.29. The fraction of sp³-hybridized carbons (Fsp3) is 0.333. The summed E-state index contributed by atoms with van der Waals surface area (Å²) >= 11 is 0. The van der Waals surface area contributed by atoms with E-state index in [2.05, 4.69) is 5.32 Å². The van der Waals surface area contributed by atoms with Gasteiger partial charge in [-0.3, -0.25) is 9.59 Å². The van der Waals surface area contributed by atoms with Crippen LogP contribution >= 0.6 is 0 Å². The highest BCUT2D eigenvalue weighted by Gasteiger charge is 2.36. The zero-order valence-corrected chi connectivity index (χ0v) is 17.9. The van der Waals surface area contributed by atoms with Crippen LogP contribution in [0.15, 0.2) is 60.7 Å². The van der Waals surface area contributed by atoms with E-state index < -0.39 is 24.1 Å². The van der Waals surface area contributed by atoms with Crippen LogP contribution in [0.2, 0.25) is 0 Å². The average molecular weight is 437 g/mol. The maximum Gasteiger partial charge on any atom is 0.326 e. The molecule has 1 unspecified atom stereocenters. The Hall–Kier alpha value is -3.68. The van der Waals surface area contributed by atoms with Crippen LogP contribution in [-0.2, 0) is 16.0 Å². The van der Waals surface area contributed by atoms with Crippen LogP contribution in [0.4, 0.5) is 4.79 Å². The maximum atomic E-state index is 13.1. The molecule has 0 saturated carbocycles. The van der Waals surface area contributed by atoms with Crippen molar-refractivity contribution in [3.05, 3.63) is 71.8 Å². The van der Waals surface area contributed by atoms with Crippen LogP contribution in [0.3, 0.4) is 0 Å². The second kappa shape index (κ2) is 10.6. The van der Waals surface area contributed by atoms with Gasteiger partial charge in [-0.25, -0.2) is 9.59 Å². The number of carboxylic acid groups (broad SMARTS) is 1. The predicted octanol–water partition coefficient (Wildman–Crippen LogP) is 2.20. The largest absolute Gasteiger partial charge is 0.480 e. The SMILES string of the molecule is CN(CC(=O)C(Cc1ccccc1)NC(=O)c1ccccc1)C(=O)N1CCC[C@H]1C(=O)O. The molecule has 1 saturated heterocycles. The number of carbonyl (C=O) groups excluding carboxylic acids is 3. The molecule has 2 aromatic carbocycles. The third kappa shape index (κ3) is 5.72. The molecule has 2 atom stereocenters. The Balaban J connectivity index is 1.71. The molecule has 0 spiro atoms. The Morgan fingerprint density at radius 1 is 1.06 bits per heavy atom. The van der Waals surface area contributed by atoms with E-state index in [9.17, 15) is 24.3 Å². The molecule has 3 rings (SSSR count). The van der Waals surface area contributed by atoms with Crippen molar-refractivity contribution in [1.82, 2.24) is 15.1 Å². The van der Waals surface area contributed by atoms with Crippen LogP contribution in [0, 0.1) is 0 Å². The number of Topliss-reactive ketones (excluding diaryl/α,β-unsaturated/α-hetero) is 1. The number of benzene rings is 2. The summed E-state index contributed by atoms with van der Waals surface area (Å²) in [6, 6.07) is 15.7. The summed E-state index contributed by atoms with van der Waals surface area (Å²) < 4.78 is 0. The number of aliphatic carboxylic acids is 1. The summed E-state index contributed by atoms with van der Waals surface area (Å²) in [6.45, 7) is 0.0980. The summed E-state index contributed by atoms with van der Waals surface area (Å²) in [6.07, 6.45) is 1.28. The minimum absolute atomic E-state index is 0.242. The number of ketones is 1. The molecule has 0 radical (unpaired) electrons. The first-order valence-electron chi connectivity index (χ1n) is 10.5. The molecule has 1 heterocycles. The molecule has 2 N–H and O–H groups in total. The second-order valence-electron chi connectivity index (χ2n) is 7.88. The summed E-state index contributed by atoms with van der Waals surface area (Å²) in [5, 5.41) is 12.1. The Labute approximate surface area is 186 Å². The van der Waals surface area contributed by atoms with Crippen molar-refractivity contribution >= 4 is 23.7 Å². The van der Waals surface area contributed by atoms with Gasteiger partial charge in [0, 0.05) is 19.2 Å². The predicted molar refractivity (Wildman–Crippen MR) is 118 cm³/mol. The smallest absolute Gasteiger partial charge is 0.326 e. The van der Waals surface area contributed by atoms with E-state index in [1.807, 2.05) is 30.3 Å². The molecule has 168 valence electrons. The number of hydrogen-bond donors (Lipinski definition) is 2. The number of likely N-dealkylation sites (N-methyl/N-ethyl adjacent to an activating group) is 1. The van der Waals surface area contributed by atoms with Crippen molar-refractivity contribution in [2.24, 2.45) is 0 Å². The number of nitrogens with one attached hydrogen (secondary N) is 1. The fourth-order valence-corrected chi connectivity index (χ4v) is 3.81. The van der Waals surface area contributed by atoms with Crippen LogP contribution in [-0.4, -0.2) is 70.8 Å². The number of rotatable bonds is 8. The number of likely N-dealkylation sites (tertiary alicyclic amines) is 1. The molecule has 2 aromatic rings. The van der Waals surface area contributed by atoms with Crippen molar-refractivity contribution in [2.75, 3.05) is 20.1 Å². The normalized spacial score (nSPS) is 16.3. The van der Waals surface area contributed by atoms with E-state index in [1.165, 1.54) is 16.8 Å². The van der Waals surface area contributed by atoms with Gasteiger partial charge in [0.25, 0.3) is 5.91 Å². The third-order valence-electron chi connectivity index (χ3n) is 5.52. The summed E-state index contributed by atoms with van der Waals surface area (Å²) in [5.74, 6) is -1.76.